The van der Waals surface area contributed by atoms with Gasteiger partial charge in [-0.2, -0.15) is 5.10 Å². The lowest BCUT2D eigenvalue weighted by Gasteiger charge is -2.33. The Morgan fingerprint density at radius 2 is 2.19 bits per heavy atom. The zero-order chi connectivity index (χ0) is 18.4. The highest BCUT2D eigenvalue weighted by Gasteiger charge is 2.34. The number of fused-ring (bicyclic) bond motifs is 1. The van der Waals surface area contributed by atoms with Crippen molar-refractivity contribution in [2.75, 3.05) is 6.54 Å². The van der Waals surface area contributed by atoms with Gasteiger partial charge in [-0.3, -0.25) is 4.79 Å². The van der Waals surface area contributed by atoms with Gasteiger partial charge in [0.25, 0.3) is 0 Å². The Balaban J connectivity index is 1.23. The summed E-state index contributed by atoms with van der Waals surface area (Å²) in [5, 5.41) is 6.67. The standard InChI is InChI=1S/C20H22N4O2S/c1-13-20-21-19(14-4-5-14)22-24(20)11-10-23(13)18(25)9-7-15-6-8-16(26-15)17-3-2-12-27-17/h2-3,6,8,12-14H,4-5,7,9-11H2,1H3/t13-/m1/s1. The number of aryl methyl sites for hydroxylation is 1. The zero-order valence-corrected chi connectivity index (χ0v) is 16.1. The van der Waals surface area contributed by atoms with Crippen molar-refractivity contribution in [3.63, 3.8) is 0 Å². The summed E-state index contributed by atoms with van der Waals surface area (Å²) in [4.78, 5) is 20.6. The van der Waals surface area contributed by atoms with Crippen LogP contribution in [0.1, 0.15) is 55.6 Å². The number of carbonyl (C=O) groups is 1. The van der Waals surface area contributed by atoms with E-state index in [0.717, 1.165) is 34.6 Å². The Labute approximate surface area is 161 Å². The van der Waals surface area contributed by atoms with Gasteiger partial charge in [-0.15, -0.1) is 11.3 Å². The fraction of sp³-hybridized carbons (Fsp3) is 0.450. The summed E-state index contributed by atoms with van der Waals surface area (Å²) >= 11 is 1.65. The molecule has 0 bridgehead atoms. The zero-order valence-electron chi connectivity index (χ0n) is 15.3. The average molecular weight is 382 g/mol. The van der Waals surface area contributed by atoms with E-state index in [2.05, 4.69) is 12.0 Å². The molecule has 6 nitrogen and oxygen atoms in total. The molecule has 5 rings (SSSR count). The number of hydrogen-bond donors (Lipinski definition) is 0. The van der Waals surface area contributed by atoms with E-state index in [1.54, 1.807) is 11.3 Å². The van der Waals surface area contributed by atoms with E-state index >= 15 is 0 Å². The molecule has 3 aromatic rings. The van der Waals surface area contributed by atoms with Crippen LogP contribution in [0, 0.1) is 0 Å². The van der Waals surface area contributed by atoms with Crippen molar-refractivity contribution in [3.8, 4) is 10.6 Å². The first-order valence-corrected chi connectivity index (χ1v) is 10.4. The van der Waals surface area contributed by atoms with Crippen LogP contribution in [0.15, 0.2) is 34.1 Å². The van der Waals surface area contributed by atoms with E-state index in [4.69, 9.17) is 9.40 Å². The average Bonchev–Trinajstić information content (AvgIpc) is 3.08. The first-order chi connectivity index (χ1) is 13.2. The Hall–Kier alpha value is -2.41. The highest BCUT2D eigenvalue weighted by atomic mass is 32.1. The van der Waals surface area contributed by atoms with Crippen LogP contribution in [0.2, 0.25) is 0 Å². The van der Waals surface area contributed by atoms with Crippen LogP contribution >= 0.6 is 11.3 Å². The molecule has 1 saturated carbocycles. The molecule has 0 aromatic carbocycles. The molecule has 27 heavy (non-hydrogen) atoms. The summed E-state index contributed by atoms with van der Waals surface area (Å²) in [5.41, 5.74) is 0. The molecule has 2 aliphatic rings. The number of furan rings is 1. The van der Waals surface area contributed by atoms with Crippen LogP contribution < -0.4 is 0 Å². The summed E-state index contributed by atoms with van der Waals surface area (Å²) in [6.07, 6.45) is 3.45. The summed E-state index contributed by atoms with van der Waals surface area (Å²) in [6, 6.07) is 7.98. The van der Waals surface area contributed by atoms with Gasteiger partial charge in [0.15, 0.2) is 5.82 Å². The van der Waals surface area contributed by atoms with Gasteiger partial charge >= 0.3 is 0 Å². The summed E-state index contributed by atoms with van der Waals surface area (Å²) < 4.78 is 7.89. The first kappa shape index (κ1) is 16.7. The van der Waals surface area contributed by atoms with Gasteiger partial charge in [0.05, 0.1) is 17.5 Å². The lowest BCUT2D eigenvalue weighted by Crippen LogP contribution is -2.41. The molecule has 7 heteroatoms. The third-order valence-corrected chi connectivity index (χ3v) is 6.27. The predicted octanol–water partition coefficient (Wildman–Crippen LogP) is 4.01. The lowest BCUT2D eigenvalue weighted by molar-refractivity contribution is -0.134. The molecule has 0 saturated heterocycles. The van der Waals surface area contributed by atoms with Crippen molar-refractivity contribution in [2.45, 2.75) is 51.1 Å². The van der Waals surface area contributed by atoms with E-state index in [1.807, 2.05) is 39.2 Å². The van der Waals surface area contributed by atoms with E-state index in [9.17, 15) is 4.79 Å². The largest absolute Gasteiger partial charge is 0.460 e. The van der Waals surface area contributed by atoms with E-state index < -0.39 is 0 Å². The van der Waals surface area contributed by atoms with Crippen LogP contribution in [0.5, 0.6) is 0 Å². The third kappa shape index (κ3) is 3.20. The molecule has 140 valence electrons. The number of carbonyl (C=O) groups excluding carboxylic acids is 1. The predicted molar refractivity (Wildman–Crippen MR) is 102 cm³/mol. The summed E-state index contributed by atoms with van der Waals surface area (Å²) in [7, 11) is 0. The maximum Gasteiger partial charge on any atom is 0.223 e. The van der Waals surface area contributed by atoms with Crippen molar-refractivity contribution < 1.29 is 9.21 Å². The molecule has 1 aliphatic carbocycles. The lowest BCUT2D eigenvalue weighted by atomic mass is 10.1. The topological polar surface area (TPSA) is 64.2 Å². The van der Waals surface area contributed by atoms with Crippen LogP contribution in [0.3, 0.4) is 0 Å². The summed E-state index contributed by atoms with van der Waals surface area (Å²) in [6.45, 7) is 3.48. The maximum absolute atomic E-state index is 12.8. The molecule has 0 spiro atoms. The second kappa shape index (κ2) is 6.64. The Bertz CT molecular complexity index is 955. The molecule has 1 aliphatic heterocycles. The number of amides is 1. The van der Waals surface area contributed by atoms with Crippen molar-refractivity contribution in [1.82, 2.24) is 19.7 Å². The smallest absolute Gasteiger partial charge is 0.223 e. The minimum absolute atomic E-state index is 0.0236. The monoisotopic (exact) mass is 382 g/mol. The van der Waals surface area contributed by atoms with Crippen LogP contribution in [0.25, 0.3) is 10.6 Å². The fourth-order valence-electron chi connectivity index (χ4n) is 3.67. The van der Waals surface area contributed by atoms with Crippen LogP contribution in [0.4, 0.5) is 0 Å². The Morgan fingerprint density at radius 1 is 1.30 bits per heavy atom. The molecular weight excluding hydrogens is 360 g/mol. The highest BCUT2D eigenvalue weighted by Crippen LogP contribution is 2.39. The molecular formula is C20H22N4O2S. The maximum atomic E-state index is 12.8. The minimum Gasteiger partial charge on any atom is -0.460 e. The second-order valence-electron chi connectivity index (χ2n) is 7.33. The highest BCUT2D eigenvalue weighted by molar-refractivity contribution is 7.13. The van der Waals surface area contributed by atoms with Crippen LogP contribution in [-0.4, -0.2) is 32.1 Å². The normalized spacial score (nSPS) is 19.3. The van der Waals surface area contributed by atoms with Crippen molar-refractivity contribution in [2.24, 2.45) is 0 Å². The molecule has 1 atom stereocenters. The molecule has 1 amide bonds. The van der Waals surface area contributed by atoms with Gasteiger partial charge in [-0.05, 0) is 43.3 Å². The molecule has 0 radical (unpaired) electrons. The van der Waals surface area contributed by atoms with E-state index in [-0.39, 0.29) is 11.9 Å². The SMILES string of the molecule is C[C@@H]1c2nc(C3CC3)nn2CCN1C(=O)CCc1ccc(-c2cccs2)o1. The van der Waals surface area contributed by atoms with Gasteiger partial charge in [-0.25, -0.2) is 9.67 Å². The Morgan fingerprint density at radius 3 is 2.96 bits per heavy atom. The first-order valence-electron chi connectivity index (χ1n) is 9.56. The van der Waals surface area contributed by atoms with E-state index in [1.165, 1.54) is 12.8 Å². The van der Waals surface area contributed by atoms with E-state index in [0.29, 0.717) is 25.3 Å². The van der Waals surface area contributed by atoms with Gasteiger partial charge in [-0.1, -0.05) is 6.07 Å². The fourth-order valence-corrected chi connectivity index (χ4v) is 4.36. The second-order valence-corrected chi connectivity index (χ2v) is 8.28. The Kier molecular flexibility index (Phi) is 4.11. The van der Waals surface area contributed by atoms with Gasteiger partial charge in [0.2, 0.25) is 5.91 Å². The molecule has 4 heterocycles. The van der Waals surface area contributed by atoms with Crippen LogP contribution in [-0.2, 0) is 17.8 Å². The van der Waals surface area contributed by atoms with Crippen molar-refractivity contribution in [3.05, 3.63) is 47.1 Å². The molecule has 0 N–H and O–H groups in total. The number of aromatic nitrogens is 3. The molecule has 1 fully saturated rings. The number of hydrogen-bond acceptors (Lipinski definition) is 5. The van der Waals surface area contributed by atoms with Gasteiger partial charge in [0.1, 0.15) is 17.3 Å². The van der Waals surface area contributed by atoms with Crippen molar-refractivity contribution in [1.29, 1.82) is 0 Å². The summed E-state index contributed by atoms with van der Waals surface area (Å²) in [5.74, 6) is 4.31. The molecule has 3 aromatic heterocycles. The van der Waals surface area contributed by atoms with Gasteiger partial charge < -0.3 is 9.32 Å². The number of thiophene rings is 1. The van der Waals surface area contributed by atoms with Gasteiger partial charge in [0, 0.05) is 25.3 Å². The third-order valence-electron chi connectivity index (χ3n) is 5.38. The quantitative estimate of drug-likeness (QED) is 0.669. The number of rotatable bonds is 5. The number of nitrogens with zero attached hydrogens (tertiary/aromatic N) is 4. The molecule has 0 unspecified atom stereocenters. The minimum atomic E-state index is -0.0236. The van der Waals surface area contributed by atoms with Crippen molar-refractivity contribution >= 4 is 17.2 Å².